The van der Waals surface area contributed by atoms with Crippen molar-refractivity contribution in [1.29, 1.82) is 0 Å². The molecular weight excluding hydrogens is 403 g/mol. The number of hydrogen-bond acceptors (Lipinski definition) is 5. The minimum absolute atomic E-state index is 0.117. The van der Waals surface area contributed by atoms with Crippen molar-refractivity contribution < 1.29 is 27.9 Å². The predicted octanol–water partition coefficient (Wildman–Crippen LogP) is 3.17. The molecule has 31 heavy (non-hydrogen) atoms. The molecule has 158 valence electrons. The van der Waals surface area contributed by atoms with Gasteiger partial charge in [-0.05, 0) is 47.5 Å². The van der Waals surface area contributed by atoms with E-state index in [1.807, 2.05) is 24.3 Å². The SMILES string of the molecule is O=C(COC(=O)[C@@H]1Cc2ccccc2CN1C(=O)c1ccco1)Nc1ccc(F)cc1. The molecule has 0 bridgehead atoms. The van der Waals surface area contributed by atoms with Crippen molar-refractivity contribution in [3.8, 4) is 0 Å². The Bertz CT molecular complexity index is 1100. The van der Waals surface area contributed by atoms with E-state index in [0.29, 0.717) is 5.69 Å². The third kappa shape index (κ3) is 4.63. The summed E-state index contributed by atoms with van der Waals surface area (Å²) in [4.78, 5) is 39.2. The molecule has 0 aliphatic carbocycles. The lowest BCUT2D eigenvalue weighted by molar-refractivity contribution is -0.152. The van der Waals surface area contributed by atoms with Gasteiger partial charge in [0.1, 0.15) is 11.9 Å². The zero-order valence-corrected chi connectivity index (χ0v) is 16.4. The summed E-state index contributed by atoms with van der Waals surface area (Å²) in [6, 6.07) is 15.0. The summed E-state index contributed by atoms with van der Waals surface area (Å²) in [5.41, 5.74) is 2.24. The second-order valence-corrected chi connectivity index (χ2v) is 7.06. The molecule has 1 aromatic heterocycles. The monoisotopic (exact) mass is 422 g/mol. The Morgan fingerprint density at radius 2 is 1.77 bits per heavy atom. The molecule has 0 unspecified atom stereocenters. The van der Waals surface area contributed by atoms with Crippen molar-refractivity contribution in [3.63, 3.8) is 0 Å². The van der Waals surface area contributed by atoms with Crippen molar-refractivity contribution in [2.75, 3.05) is 11.9 Å². The number of hydrogen-bond donors (Lipinski definition) is 1. The average Bonchev–Trinajstić information content (AvgIpc) is 3.32. The van der Waals surface area contributed by atoms with Gasteiger partial charge in [0.15, 0.2) is 12.4 Å². The highest BCUT2D eigenvalue weighted by molar-refractivity contribution is 5.96. The summed E-state index contributed by atoms with van der Waals surface area (Å²) in [7, 11) is 0. The van der Waals surface area contributed by atoms with Crippen LogP contribution in [0.1, 0.15) is 21.7 Å². The molecule has 2 aromatic carbocycles. The van der Waals surface area contributed by atoms with Crippen LogP contribution in [-0.2, 0) is 27.3 Å². The Morgan fingerprint density at radius 3 is 2.48 bits per heavy atom. The van der Waals surface area contributed by atoms with E-state index >= 15 is 0 Å². The smallest absolute Gasteiger partial charge is 0.329 e. The number of nitrogens with zero attached hydrogens (tertiary/aromatic N) is 1. The van der Waals surface area contributed by atoms with Gasteiger partial charge in [-0.2, -0.15) is 0 Å². The minimum atomic E-state index is -0.897. The average molecular weight is 422 g/mol. The van der Waals surface area contributed by atoms with Crippen LogP contribution in [0.4, 0.5) is 10.1 Å². The van der Waals surface area contributed by atoms with Crippen molar-refractivity contribution >= 4 is 23.5 Å². The first kappa shape index (κ1) is 20.3. The molecule has 0 spiro atoms. The summed E-state index contributed by atoms with van der Waals surface area (Å²) in [5, 5.41) is 2.52. The molecule has 1 aliphatic rings. The van der Waals surface area contributed by atoms with Crippen LogP contribution in [0.15, 0.2) is 71.3 Å². The molecule has 1 atom stereocenters. The third-order valence-electron chi connectivity index (χ3n) is 4.99. The van der Waals surface area contributed by atoms with Crippen LogP contribution >= 0.6 is 0 Å². The largest absolute Gasteiger partial charge is 0.459 e. The predicted molar refractivity (Wildman–Crippen MR) is 109 cm³/mol. The third-order valence-corrected chi connectivity index (χ3v) is 4.99. The number of ether oxygens (including phenoxy) is 1. The zero-order chi connectivity index (χ0) is 21.8. The molecule has 2 heterocycles. The number of rotatable bonds is 5. The van der Waals surface area contributed by atoms with Gasteiger partial charge in [0.2, 0.25) is 0 Å². The van der Waals surface area contributed by atoms with E-state index in [2.05, 4.69) is 5.32 Å². The maximum Gasteiger partial charge on any atom is 0.329 e. The standard InChI is InChI=1S/C23H19FN2O5/c24-17-7-9-18(10-8-17)25-21(27)14-31-23(29)19-12-15-4-1-2-5-16(15)13-26(19)22(28)20-6-3-11-30-20/h1-11,19H,12-14H2,(H,25,27)/t19-/m0/s1. The first-order chi connectivity index (χ1) is 15.0. The van der Waals surface area contributed by atoms with Crippen LogP contribution in [0.2, 0.25) is 0 Å². The van der Waals surface area contributed by atoms with E-state index in [1.54, 1.807) is 6.07 Å². The highest BCUT2D eigenvalue weighted by Crippen LogP contribution is 2.26. The number of anilines is 1. The molecule has 0 saturated carbocycles. The van der Waals surface area contributed by atoms with E-state index in [0.717, 1.165) is 11.1 Å². The van der Waals surface area contributed by atoms with Crippen LogP contribution in [-0.4, -0.2) is 35.3 Å². The van der Waals surface area contributed by atoms with Crippen LogP contribution < -0.4 is 5.32 Å². The number of halogens is 1. The summed E-state index contributed by atoms with van der Waals surface area (Å²) in [5.74, 6) is -2.00. The number of carbonyl (C=O) groups excluding carboxylic acids is 3. The maximum absolute atomic E-state index is 13.0. The number of benzene rings is 2. The highest BCUT2D eigenvalue weighted by Gasteiger charge is 2.37. The fourth-order valence-electron chi connectivity index (χ4n) is 3.45. The molecule has 2 amide bonds. The first-order valence-electron chi connectivity index (χ1n) is 9.64. The highest BCUT2D eigenvalue weighted by atomic mass is 19.1. The fourth-order valence-corrected chi connectivity index (χ4v) is 3.45. The van der Waals surface area contributed by atoms with E-state index in [4.69, 9.17) is 9.15 Å². The van der Waals surface area contributed by atoms with Crippen molar-refractivity contribution in [2.24, 2.45) is 0 Å². The van der Waals surface area contributed by atoms with Crippen LogP contribution in [0.3, 0.4) is 0 Å². The van der Waals surface area contributed by atoms with Crippen LogP contribution in [0.5, 0.6) is 0 Å². The van der Waals surface area contributed by atoms with Crippen molar-refractivity contribution in [2.45, 2.75) is 19.0 Å². The molecule has 8 heteroatoms. The lowest BCUT2D eigenvalue weighted by atomic mass is 9.93. The molecule has 1 N–H and O–H groups in total. The fraction of sp³-hybridized carbons (Fsp3) is 0.174. The Balaban J connectivity index is 1.45. The van der Waals surface area contributed by atoms with Gasteiger partial charge in [0, 0.05) is 18.7 Å². The number of amides is 2. The summed E-state index contributed by atoms with van der Waals surface area (Å²) in [6.07, 6.45) is 1.65. The molecule has 0 radical (unpaired) electrons. The first-order valence-corrected chi connectivity index (χ1v) is 9.64. The van der Waals surface area contributed by atoms with Gasteiger partial charge in [0.25, 0.3) is 11.8 Å². The number of furan rings is 1. The summed E-state index contributed by atoms with van der Waals surface area (Å²) < 4.78 is 23.4. The molecular formula is C23H19FN2O5. The maximum atomic E-state index is 13.0. The number of fused-ring (bicyclic) bond motifs is 1. The molecule has 7 nitrogen and oxygen atoms in total. The van der Waals surface area contributed by atoms with Gasteiger partial charge < -0.3 is 19.4 Å². The lowest BCUT2D eigenvalue weighted by Gasteiger charge is -2.34. The van der Waals surface area contributed by atoms with Gasteiger partial charge in [-0.3, -0.25) is 9.59 Å². The zero-order valence-electron chi connectivity index (χ0n) is 16.4. The topological polar surface area (TPSA) is 88.9 Å². The normalized spacial score (nSPS) is 15.1. The number of nitrogens with one attached hydrogen (secondary N) is 1. The van der Waals surface area contributed by atoms with E-state index in [-0.39, 0.29) is 18.7 Å². The Hall–Kier alpha value is -3.94. The Kier molecular flexibility index (Phi) is 5.79. The lowest BCUT2D eigenvalue weighted by Crippen LogP contribution is -2.49. The Labute approximate surface area is 177 Å². The number of carbonyl (C=O) groups is 3. The van der Waals surface area contributed by atoms with Crippen LogP contribution in [0.25, 0.3) is 0 Å². The number of esters is 1. The molecule has 1 aliphatic heterocycles. The molecule has 0 saturated heterocycles. The van der Waals surface area contributed by atoms with Crippen molar-refractivity contribution in [3.05, 3.63) is 89.6 Å². The second kappa shape index (κ2) is 8.83. The van der Waals surface area contributed by atoms with Crippen LogP contribution in [0, 0.1) is 5.82 Å². The minimum Gasteiger partial charge on any atom is -0.459 e. The van der Waals surface area contributed by atoms with E-state index in [1.165, 1.54) is 41.5 Å². The molecule has 3 aromatic rings. The van der Waals surface area contributed by atoms with E-state index in [9.17, 15) is 18.8 Å². The van der Waals surface area contributed by atoms with Gasteiger partial charge in [-0.25, -0.2) is 9.18 Å². The van der Waals surface area contributed by atoms with E-state index < -0.39 is 36.2 Å². The summed E-state index contributed by atoms with van der Waals surface area (Å²) in [6.45, 7) is -0.311. The van der Waals surface area contributed by atoms with Gasteiger partial charge in [0.05, 0.1) is 6.26 Å². The second-order valence-electron chi connectivity index (χ2n) is 7.06. The molecule has 4 rings (SSSR count). The quantitative estimate of drug-likeness (QED) is 0.638. The molecule has 0 fully saturated rings. The van der Waals surface area contributed by atoms with Gasteiger partial charge >= 0.3 is 5.97 Å². The van der Waals surface area contributed by atoms with Gasteiger partial charge in [-0.15, -0.1) is 0 Å². The Morgan fingerprint density at radius 1 is 1.03 bits per heavy atom. The van der Waals surface area contributed by atoms with Gasteiger partial charge in [-0.1, -0.05) is 24.3 Å². The summed E-state index contributed by atoms with van der Waals surface area (Å²) >= 11 is 0. The van der Waals surface area contributed by atoms with Crippen molar-refractivity contribution in [1.82, 2.24) is 4.90 Å².